The van der Waals surface area contributed by atoms with E-state index in [0.717, 1.165) is 17.8 Å². The van der Waals surface area contributed by atoms with Crippen LogP contribution in [-0.4, -0.2) is 14.1 Å². The monoisotopic (exact) mass is 240 g/mol. The average Bonchev–Trinajstić information content (AvgIpc) is 2.28. The third-order valence-electron chi connectivity index (χ3n) is 4.30. The lowest BCUT2D eigenvalue weighted by atomic mass is 10.1. The van der Waals surface area contributed by atoms with Crippen LogP contribution < -0.4 is 0 Å². The zero-order valence-corrected chi connectivity index (χ0v) is 13.7. The molecule has 0 spiro atoms. The van der Waals surface area contributed by atoms with Crippen molar-refractivity contribution in [1.29, 1.82) is 0 Å². The van der Waals surface area contributed by atoms with E-state index in [1.54, 1.807) is 15.8 Å². The smallest absolute Gasteiger partial charge is 0.0913 e. The molecule has 0 saturated heterocycles. The fourth-order valence-corrected chi connectivity index (χ4v) is 7.49. The van der Waals surface area contributed by atoms with Crippen LogP contribution in [0.2, 0.25) is 15.8 Å². The average molecular weight is 240 g/mol. The quantitative estimate of drug-likeness (QED) is 0.459. The van der Waals surface area contributed by atoms with Gasteiger partial charge in [-0.25, -0.2) is 0 Å². The molecule has 0 saturated carbocycles. The second-order valence-electron chi connectivity index (χ2n) is 6.11. The van der Waals surface area contributed by atoms with Crippen LogP contribution in [0.1, 0.15) is 60.8 Å². The maximum atomic E-state index is 2.45. The summed E-state index contributed by atoms with van der Waals surface area (Å²) in [6, 6.07) is 0. The highest BCUT2D eigenvalue weighted by Gasteiger charge is 2.23. The first-order valence-electron chi connectivity index (χ1n) is 7.53. The van der Waals surface area contributed by atoms with Gasteiger partial charge in [0, 0.05) is 0 Å². The van der Waals surface area contributed by atoms with Crippen molar-refractivity contribution in [2.24, 2.45) is 17.8 Å². The Bertz CT molecular complexity index is 127. The van der Waals surface area contributed by atoms with Crippen molar-refractivity contribution in [3.63, 3.8) is 0 Å². The first kappa shape index (κ1) is 16.5. The molecule has 0 rings (SSSR count). The van der Waals surface area contributed by atoms with Crippen LogP contribution in [0.25, 0.3) is 0 Å². The molecule has 3 atom stereocenters. The van der Waals surface area contributed by atoms with Gasteiger partial charge in [0.1, 0.15) is 0 Å². The van der Waals surface area contributed by atoms with Crippen LogP contribution in [0.15, 0.2) is 0 Å². The van der Waals surface area contributed by atoms with E-state index in [9.17, 15) is 0 Å². The van der Waals surface area contributed by atoms with Gasteiger partial charge in [0.05, 0.1) is 0 Å². The molecule has 0 bridgehead atoms. The Kier molecular flexibility index (Phi) is 9.87. The molecule has 0 heterocycles. The van der Waals surface area contributed by atoms with Gasteiger partial charge < -0.3 is 0 Å². The van der Waals surface area contributed by atoms with E-state index in [4.69, 9.17) is 0 Å². The molecule has 0 aromatic carbocycles. The Hall–Kier alpha value is 0.532. The number of hydrogen-bond acceptors (Lipinski definition) is 0. The Morgan fingerprint density at radius 2 is 0.875 bits per heavy atom. The molecule has 0 radical (unpaired) electrons. The van der Waals surface area contributed by atoms with Gasteiger partial charge in [-0.1, -0.05) is 94.4 Å². The predicted molar refractivity (Wildman–Crippen MR) is 78.5 cm³/mol. The van der Waals surface area contributed by atoms with Crippen LogP contribution >= 0.6 is 0 Å². The fraction of sp³-hybridized carbons (Fsp3) is 1.00. The van der Waals surface area contributed by atoms with Crippen LogP contribution in [0, 0.1) is 17.8 Å². The van der Waals surface area contributed by atoms with E-state index in [2.05, 4.69) is 41.5 Å². The summed E-state index contributed by atoms with van der Waals surface area (Å²) < 4.78 is 0. The number of rotatable bonds is 9. The van der Waals surface area contributed by atoms with E-state index in [1.165, 1.54) is 19.3 Å². The van der Waals surface area contributed by atoms with Crippen molar-refractivity contribution in [1.82, 2.24) is 0 Å². The molecule has 0 aliphatic heterocycles. The summed E-state index contributed by atoms with van der Waals surface area (Å²) in [5.41, 5.74) is 0. The normalized spacial score (nSPS) is 16.9. The highest BCUT2D eigenvalue weighted by Crippen LogP contribution is 2.25. The summed E-state index contributed by atoms with van der Waals surface area (Å²) in [5.74, 6) is 2.93. The van der Waals surface area contributed by atoms with E-state index in [-0.39, 0.29) is 0 Å². The minimum atomic E-state index is -0.460. The summed E-state index contributed by atoms with van der Waals surface area (Å²) in [5, 5.41) is 4.77. The Morgan fingerprint density at radius 1 is 0.625 bits per heavy atom. The Morgan fingerprint density at radius 3 is 1.06 bits per heavy atom. The second kappa shape index (κ2) is 9.55. The molecule has 0 amide bonds. The topological polar surface area (TPSA) is 0 Å². The van der Waals surface area contributed by atoms with Crippen molar-refractivity contribution in [3.05, 3.63) is 0 Å². The van der Waals surface area contributed by atoms with E-state index in [0.29, 0.717) is 0 Å². The summed E-state index contributed by atoms with van der Waals surface area (Å²) in [6.45, 7) is 14.4. The van der Waals surface area contributed by atoms with Crippen LogP contribution in [0.3, 0.4) is 0 Å². The molecule has 0 N–H and O–H groups in total. The maximum Gasteiger partial charge on any atom is 0.262 e. The zero-order chi connectivity index (χ0) is 12.6. The molecule has 0 aliphatic rings. The third-order valence-corrected chi connectivity index (χ3v) is 8.71. The predicted octanol–water partition coefficient (Wildman–Crippen LogP) is 5.62. The van der Waals surface area contributed by atoms with Gasteiger partial charge in [0.2, 0.25) is 0 Å². The molecule has 16 heavy (non-hydrogen) atoms. The van der Waals surface area contributed by atoms with Crippen molar-refractivity contribution >= 4 is 14.1 Å². The highest BCUT2D eigenvalue weighted by molar-refractivity contribution is 6.58. The molecule has 0 aliphatic carbocycles. The van der Waals surface area contributed by atoms with Gasteiger partial charge in [-0.05, 0) is 0 Å². The lowest BCUT2D eigenvalue weighted by Gasteiger charge is -2.21. The molecule has 0 nitrogen and oxygen atoms in total. The minimum Gasteiger partial charge on any atom is -0.0913 e. The van der Waals surface area contributed by atoms with Crippen LogP contribution in [0.5, 0.6) is 0 Å². The SMILES string of the molecule is CC[C@H](C)[CH2][Al]([CH2][C@@H](C)CC)[CH2][C@@H](C)CC. The zero-order valence-electron chi connectivity index (χ0n) is 12.6. The van der Waals surface area contributed by atoms with Gasteiger partial charge in [-0.3, -0.25) is 0 Å². The van der Waals surface area contributed by atoms with Crippen molar-refractivity contribution < 1.29 is 0 Å². The fourth-order valence-electron chi connectivity index (χ4n) is 2.50. The second-order valence-corrected chi connectivity index (χ2v) is 9.26. The van der Waals surface area contributed by atoms with Gasteiger partial charge >= 0.3 is 0 Å². The van der Waals surface area contributed by atoms with E-state index < -0.39 is 14.1 Å². The highest BCUT2D eigenvalue weighted by atomic mass is 27.2. The molecule has 0 unspecified atom stereocenters. The Labute approximate surface area is 109 Å². The number of hydrogen-bond donors (Lipinski definition) is 0. The lowest BCUT2D eigenvalue weighted by molar-refractivity contribution is 0.568. The first-order valence-corrected chi connectivity index (χ1v) is 9.98. The molecule has 0 aromatic rings. The van der Waals surface area contributed by atoms with Gasteiger partial charge in [-0.2, -0.15) is 0 Å². The van der Waals surface area contributed by atoms with Gasteiger partial charge in [0.15, 0.2) is 0 Å². The van der Waals surface area contributed by atoms with E-state index in [1.807, 2.05) is 0 Å². The lowest BCUT2D eigenvalue weighted by Crippen LogP contribution is -2.21. The summed E-state index contributed by atoms with van der Waals surface area (Å²) in [7, 11) is 0. The summed E-state index contributed by atoms with van der Waals surface area (Å²) >= 11 is -0.460. The van der Waals surface area contributed by atoms with Gasteiger partial charge in [0.25, 0.3) is 14.1 Å². The molecular formula is C15H33Al. The van der Waals surface area contributed by atoms with Crippen molar-refractivity contribution in [2.75, 3.05) is 0 Å². The molecule has 96 valence electrons. The first-order chi connectivity index (χ1) is 7.53. The largest absolute Gasteiger partial charge is 0.262 e. The summed E-state index contributed by atoms with van der Waals surface area (Å²) in [6.07, 6.45) is 4.14. The third kappa shape index (κ3) is 7.75. The van der Waals surface area contributed by atoms with Gasteiger partial charge in [-0.15, -0.1) is 0 Å². The van der Waals surface area contributed by atoms with Crippen LogP contribution in [-0.2, 0) is 0 Å². The molecular weight excluding hydrogens is 207 g/mol. The maximum absolute atomic E-state index is 2.45. The summed E-state index contributed by atoms with van der Waals surface area (Å²) in [4.78, 5) is 0. The molecule has 0 fully saturated rings. The minimum absolute atomic E-state index is 0.460. The van der Waals surface area contributed by atoms with Crippen molar-refractivity contribution in [3.8, 4) is 0 Å². The molecule has 0 aromatic heterocycles. The molecule has 1 heteroatoms. The van der Waals surface area contributed by atoms with Crippen LogP contribution in [0.4, 0.5) is 0 Å². The van der Waals surface area contributed by atoms with E-state index >= 15 is 0 Å². The Balaban J connectivity index is 4.15. The standard InChI is InChI=1S/3C5H11.Al/c3*1-4-5(2)3;/h3*5H,2,4H2,1,3H3;/t3*5-;/m000./s1. The van der Waals surface area contributed by atoms with Crippen molar-refractivity contribution in [2.45, 2.75) is 76.7 Å².